The van der Waals surface area contributed by atoms with Gasteiger partial charge in [0.25, 0.3) is 0 Å². The third-order valence-corrected chi connectivity index (χ3v) is 4.63. The summed E-state index contributed by atoms with van der Waals surface area (Å²) in [6.07, 6.45) is 5.33. The monoisotopic (exact) mass is 324 g/mol. The Kier molecular flexibility index (Phi) is 5.28. The van der Waals surface area contributed by atoms with Crippen LogP contribution >= 0.6 is 15.9 Å². The molecule has 1 heterocycles. The fraction of sp³-hybridized carbons (Fsp3) is 0.625. The summed E-state index contributed by atoms with van der Waals surface area (Å²) in [5.41, 5.74) is 8.68. The number of hydrogen-bond donors (Lipinski definition) is 1. The zero-order valence-electron chi connectivity index (χ0n) is 12.0. The standard InChI is InChI=1S/C16H25BrN2/c1-3-4-13-7-9-19(10-8-13)16-11-14(17)5-6-15(16)12(2)18/h5-6,11-13H,3-4,7-10,18H2,1-2H3. The fourth-order valence-corrected chi connectivity index (χ4v) is 3.40. The number of anilines is 1. The highest BCUT2D eigenvalue weighted by Crippen LogP contribution is 2.32. The average Bonchev–Trinajstić information content (AvgIpc) is 2.39. The van der Waals surface area contributed by atoms with Crippen molar-refractivity contribution in [2.24, 2.45) is 11.7 Å². The van der Waals surface area contributed by atoms with E-state index in [0.29, 0.717) is 0 Å². The molecule has 0 amide bonds. The summed E-state index contributed by atoms with van der Waals surface area (Å²) in [6, 6.07) is 6.56. The first-order valence-corrected chi connectivity index (χ1v) is 8.21. The molecular weight excluding hydrogens is 300 g/mol. The molecular formula is C16H25BrN2. The second-order valence-electron chi connectivity index (χ2n) is 5.71. The number of benzene rings is 1. The highest BCUT2D eigenvalue weighted by atomic mass is 79.9. The van der Waals surface area contributed by atoms with Crippen molar-refractivity contribution in [1.29, 1.82) is 0 Å². The van der Waals surface area contributed by atoms with Crippen LogP contribution < -0.4 is 10.6 Å². The van der Waals surface area contributed by atoms with Gasteiger partial charge in [0.05, 0.1) is 0 Å². The molecule has 2 N–H and O–H groups in total. The topological polar surface area (TPSA) is 29.3 Å². The van der Waals surface area contributed by atoms with Gasteiger partial charge in [0.1, 0.15) is 0 Å². The van der Waals surface area contributed by atoms with E-state index in [1.54, 1.807) is 0 Å². The number of nitrogens with zero attached hydrogens (tertiary/aromatic N) is 1. The predicted molar refractivity (Wildman–Crippen MR) is 86.6 cm³/mol. The summed E-state index contributed by atoms with van der Waals surface area (Å²) in [7, 11) is 0. The lowest BCUT2D eigenvalue weighted by Crippen LogP contribution is -2.34. The predicted octanol–water partition coefficient (Wildman–Crippen LogP) is 4.49. The molecule has 2 nitrogen and oxygen atoms in total. The van der Waals surface area contributed by atoms with Crippen molar-refractivity contribution in [3.63, 3.8) is 0 Å². The normalized spacial score (nSPS) is 18.6. The van der Waals surface area contributed by atoms with Crippen LogP contribution in [0.2, 0.25) is 0 Å². The molecule has 1 aromatic rings. The van der Waals surface area contributed by atoms with Gasteiger partial charge in [-0.3, -0.25) is 0 Å². The SMILES string of the molecule is CCCC1CCN(c2cc(Br)ccc2C(C)N)CC1. The Labute approximate surface area is 125 Å². The van der Waals surface area contributed by atoms with Crippen LogP contribution in [0.1, 0.15) is 51.1 Å². The van der Waals surface area contributed by atoms with Gasteiger partial charge in [-0.15, -0.1) is 0 Å². The Morgan fingerprint density at radius 3 is 2.63 bits per heavy atom. The van der Waals surface area contributed by atoms with Crippen LogP contribution in [0.3, 0.4) is 0 Å². The molecule has 19 heavy (non-hydrogen) atoms. The number of halogens is 1. The Balaban J connectivity index is 2.12. The van der Waals surface area contributed by atoms with Gasteiger partial charge in [0.15, 0.2) is 0 Å². The molecule has 0 saturated carbocycles. The molecule has 1 saturated heterocycles. The van der Waals surface area contributed by atoms with Crippen LogP contribution in [0.25, 0.3) is 0 Å². The summed E-state index contributed by atoms with van der Waals surface area (Å²) in [5.74, 6) is 0.923. The maximum Gasteiger partial charge on any atom is 0.0425 e. The Hall–Kier alpha value is -0.540. The van der Waals surface area contributed by atoms with Gasteiger partial charge < -0.3 is 10.6 Å². The van der Waals surface area contributed by atoms with E-state index in [1.165, 1.54) is 50.0 Å². The van der Waals surface area contributed by atoms with Crippen LogP contribution in [0.5, 0.6) is 0 Å². The van der Waals surface area contributed by atoms with E-state index in [9.17, 15) is 0 Å². The van der Waals surface area contributed by atoms with Crippen molar-refractivity contribution in [2.45, 2.75) is 45.6 Å². The highest BCUT2D eigenvalue weighted by molar-refractivity contribution is 9.10. The Morgan fingerprint density at radius 1 is 1.37 bits per heavy atom. The lowest BCUT2D eigenvalue weighted by molar-refractivity contribution is 0.378. The molecule has 0 spiro atoms. The highest BCUT2D eigenvalue weighted by Gasteiger charge is 2.21. The zero-order chi connectivity index (χ0) is 13.8. The van der Waals surface area contributed by atoms with E-state index in [4.69, 9.17) is 5.73 Å². The van der Waals surface area contributed by atoms with Gasteiger partial charge >= 0.3 is 0 Å². The Bertz CT molecular complexity index is 409. The molecule has 1 fully saturated rings. The van der Waals surface area contributed by atoms with Crippen molar-refractivity contribution >= 4 is 21.6 Å². The molecule has 0 bridgehead atoms. The van der Waals surface area contributed by atoms with Gasteiger partial charge in [-0.05, 0) is 43.4 Å². The minimum absolute atomic E-state index is 0.0939. The molecule has 1 unspecified atom stereocenters. The molecule has 0 radical (unpaired) electrons. The van der Waals surface area contributed by atoms with Gasteiger partial charge in [-0.2, -0.15) is 0 Å². The largest absolute Gasteiger partial charge is 0.371 e. The van der Waals surface area contributed by atoms with E-state index in [2.05, 4.69) is 52.9 Å². The summed E-state index contributed by atoms with van der Waals surface area (Å²) in [4.78, 5) is 2.51. The smallest absolute Gasteiger partial charge is 0.0425 e. The molecule has 0 aromatic heterocycles. The number of hydrogen-bond acceptors (Lipinski definition) is 2. The van der Waals surface area contributed by atoms with E-state index in [-0.39, 0.29) is 6.04 Å². The maximum atomic E-state index is 6.10. The van der Waals surface area contributed by atoms with E-state index in [1.807, 2.05) is 0 Å². The molecule has 0 aliphatic carbocycles. The molecule has 1 atom stereocenters. The first kappa shape index (κ1) is 14.9. The second-order valence-corrected chi connectivity index (χ2v) is 6.63. The third kappa shape index (κ3) is 3.73. The summed E-state index contributed by atoms with van der Waals surface area (Å²) < 4.78 is 1.14. The molecule has 106 valence electrons. The van der Waals surface area contributed by atoms with Gasteiger partial charge in [-0.25, -0.2) is 0 Å². The van der Waals surface area contributed by atoms with E-state index in [0.717, 1.165) is 10.4 Å². The van der Waals surface area contributed by atoms with Crippen LogP contribution in [0.15, 0.2) is 22.7 Å². The van der Waals surface area contributed by atoms with Gasteiger partial charge in [0, 0.05) is 29.3 Å². The summed E-state index contributed by atoms with van der Waals surface area (Å²) >= 11 is 3.58. The first-order valence-electron chi connectivity index (χ1n) is 7.41. The van der Waals surface area contributed by atoms with Crippen LogP contribution in [0, 0.1) is 5.92 Å². The number of piperidine rings is 1. The van der Waals surface area contributed by atoms with Crippen LogP contribution in [-0.4, -0.2) is 13.1 Å². The average molecular weight is 325 g/mol. The quantitative estimate of drug-likeness (QED) is 0.884. The lowest BCUT2D eigenvalue weighted by Gasteiger charge is -2.35. The van der Waals surface area contributed by atoms with Crippen LogP contribution in [-0.2, 0) is 0 Å². The van der Waals surface area contributed by atoms with Gasteiger partial charge in [0.2, 0.25) is 0 Å². The van der Waals surface area contributed by atoms with Crippen LogP contribution in [0.4, 0.5) is 5.69 Å². The molecule has 1 aliphatic heterocycles. The summed E-state index contributed by atoms with van der Waals surface area (Å²) in [6.45, 7) is 6.69. The minimum atomic E-state index is 0.0939. The van der Waals surface area contributed by atoms with E-state index < -0.39 is 0 Å². The Morgan fingerprint density at radius 2 is 2.05 bits per heavy atom. The van der Waals surface area contributed by atoms with Crippen molar-refractivity contribution in [1.82, 2.24) is 0 Å². The summed E-state index contributed by atoms with van der Waals surface area (Å²) in [5, 5.41) is 0. The van der Waals surface area contributed by atoms with Crippen molar-refractivity contribution in [3.05, 3.63) is 28.2 Å². The molecule has 2 rings (SSSR count). The number of rotatable bonds is 4. The molecule has 1 aromatic carbocycles. The maximum absolute atomic E-state index is 6.10. The zero-order valence-corrected chi connectivity index (χ0v) is 13.6. The number of nitrogens with two attached hydrogens (primary N) is 1. The van der Waals surface area contributed by atoms with Crippen molar-refractivity contribution in [2.75, 3.05) is 18.0 Å². The van der Waals surface area contributed by atoms with Crippen molar-refractivity contribution < 1.29 is 0 Å². The molecule has 1 aliphatic rings. The lowest BCUT2D eigenvalue weighted by atomic mass is 9.91. The third-order valence-electron chi connectivity index (χ3n) is 4.14. The second kappa shape index (κ2) is 6.76. The minimum Gasteiger partial charge on any atom is -0.371 e. The van der Waals surface area contributed by atoms with Gasteiger partial charge in [-0.1, -0.05) is 41.8 Å². The fourth-order valence-electron chi connectivity index (χ4n) is 3.05. The van der Waals surface area contributed by atoms with Crippen molar-refractivity contribution in [3.8, 4) is 0 Å². The van der Waals surface area contributed by atoms with E-state index >= 15 is 0 Å². The first-order chi connectivity index (χ1) is 9.11. The molecule has 3 heteroatoms.